The monoisotopic (exact) mass is 554 g/mol. The Bertz CT molecular complexity index is 1510. The lowest BCUT2D eigenvalue weighted by Gasteiger charge is -2.26. The molecule has 0 N–H and O–H groups in total. The summed E-state index contributed by atoms with van der Waals surface area (Å²) in [5.41, 5.74) is 3.50. The van der Waals surface area contributed by atoms with Crippen LogP contribution < -0.4 is 5.01 Å². The summed E-state index contributed by atoms with van der Waals surface area (Å²) in [5.74, 6) is -0.275. The molecule has 2 aliphatic rings. The maximum atomic E-state index is 13.6. The van der Waals surface area contributed by atoms with Gasteiger partial charge in [0.1, 0.15) is 5.82 Å². The van der Waals surface area contributed by atoms with Gasteiger partial charge in [-0.2, -0.15) is 9.41 Å². The van der Waals surface area contributed by atoms with Crippen LogP contribution >= 0.6 is 22.7 Å². The van der Waals surface area contributed by atoms with Crippen LogP contribution in [0.3, 0.4) is 0 Å². The predicted octanol–water partition coefficient (Wildman–Crippen LogP) is 5.39. The zero-order valence-electron chi connectivity index (χ0n) is 19.7. The fourth-order valence-corrected chi connectivity index (χ4v) is 7.42. The maximum Gasteiger partial charge on any atom is 0.243 e. The van der Waals surface area contributed by atoms with E-state index in [0.29, 0.717) is 32.7 Å². The van der Waals surface area contributed by atoms with Gasteiger partial charge in [-0.3, -0.25) is 0 Å². The van der Waals surface area contributed by atoms with Gasteiger partial charge in [-0.25, -0.2) is 22.8 Å². The molecule has 190 valence electrons. The number of ether oxygens (including phenoxy) is 1. The first-order valence-electron chi connectivity index (χ1n) is 11.8. The van der Waals surface area contributed by atoms with E-state index in [4.69, 9.17) is 14.8 Å². The molecule has 0 bridgehead atoms. The summed E-state index contributed by atoms with van der Waals surface area (Å²) in [4.78, 5) is 6.20. The first-order chi connectivity index (χ1) is 18.0. The van der Waals surface area contributed by atoms with Gasteiger partial charge in [-0.15, -0.1) is 22.7 Å². The van der Waals surface area contributed by atoms with Crippen LogP contribution in [-0.2, 0) is 14.8 Å². The van der Waals surface area contributed by atoms with Crippen LogP contribution in [0.2, 0.25) is 0 Å². The second kappa shape index (κ2) is 10.1. The van der Waals surface area contributed by atoms with Gasteiger partial charge >= 0.3 is 0 Å². The molecule has 2 aromatic heterocycles. The van der Waals surface area contributed by atoms with Gasteiger partial charge in [0.25, 0.3) is 0 Å². The van der Waals surface area contributed by atoms with E-state index in [-0.39, 0.29) is 16.8 Å². The molecule has 0 unspecified atom stereocenters. The zero-order chi connectivity index (χ0) is 25.4. The van der Waals surface area contributed by atoms with E-state index in [1.54, 1.807) is 47.7 Å². The Morgan fingerprint density at radius 1 is 0.973 bits per heavy atom. The molecule has 2 aromatic carbocycles. The van der Waals surface area contributed by atoms with Crippen molar-refractivity contribution in [2.24, 2.45) is 5.10 Å². The van der Waals surface area contributed by atoms with Gasteiger partial charge in [0.15, 0.2) is 0 Å². The molecule has 37 heavy (non-hydrogen) atoms. The number of morpholine rings is 1. The Kier molecular flexibility index (Phi) is 6.63. The molecule has 1 saturated heterocycles. The Labute approximate surface area is 222 Å². The number of hydrogen-bond donors (Lipinski definition) is 0. The third-order valence-electron chi connectivity index (χ3n) is 6.42. The van der Waals surface area contributed by atoms with Crippen molar-refractivity contribution in [3.63, 3.8) is 0 Å². The number of halogens is 1. The van der Waals surface area contributed by atoms with E-state index in [9.17, 15) is 12.8 Å². The van der Waals surface area contributed by atoms with Crippen molar-refractivity contribution in [1.29, 1.82) is 0 Å². The lowest BCUT2D eigenvalue weighted by atomic mass is 10.0. The minimum Gasteiger partial charge on any atom is -0.379 e. The second-order valence-corrected chi connectivity index (χ2v) is 12.4. The Hall–Kier alpha value is -2.96. The van der Waals surface area contributed by atoms with Crippen molar-refractivity contribution >= 4 is 43.5 Å². The summed E-state index contributed by atoms with van der Waals surface area (Å²) in [6.07, 6.45) is 0.690. The average molecular weight is 555 g/mol. The molecular weight excluding hydrogens is 532 g/mol. The number of thiophene rings is 1. The molecule has 2 aliphatic heterocycles. The van der Waals surface area contributed by atoms with Crippen molar-refractivity contribution in [3.05, 3.63) is 87.7 Å². The SMILES string of the molecule is O=S(=O)(c1ccc(-c2csc(N3N=C(c4cccs4)C[C@@H]3c3ccc(F)cc3)n2)cc1)N1CCOCC1. The summed E-state index contributed by atoms with van der Waals surface area (Å²) in [5, 5.41) is 11.5. The molecule has 0 aliphatic carbocycles. The van der Waals surface area contributed by atoms with Gasteiger partial charge in [-0.05, 0) is 41.3 Å². The van der Waals surface area contributed by atoms with E-state index < -0.39 is 10.0 Å². The van der Waals surface area contributed by atoms with Crippen molar-refractivity contribution in [2.45, 2.75) is 17.4 Å². The molecule has 4 aromatic rings. The summed E-state index contributed by atoms with van der Waals surface area (Å²) in [6.45, 7) is 1.53. The average Bonchev–Trinajstić information content (AvgIpc) is 3.70. The molecule has 1 atom stereocenters. The number of hydrogen-bond acceptors (Lipinski definition) is 8. The maximum absolute atomic E-state index is 13.6. The van der Waals surface area contributed by atoms with E-state index in [2.05, 4.69) is 6.07 Å². The number of hydrazone groups is 1. The Morgan fingerprint density at radius 2 is 1.73 bits per heavy atom. The standard InChI is InChI=1S/C26H23FN4O3S3/c27-20-7-3-19(4-8-20)24-16-22(25-2-1-15-35-25)29-31(24)26-28-23(17-36-26)18-5-9-21(10-6-18)37(32,33)30-11-13-34-14-12-30/h1-10,15,17,24H,11-14,16H2/t24-/m1/s1. The number of rotatable bonds is 6. The number of thiazole rings is 1. The van der Waals surface area contributed by atoms with E-state index >= 15 is 0 Å². The highest BCUT2D eigenvalue weighted by atomic mass is 32.2. The van der Waals surface area contributed by atoms with Gasteiger partial charge in [0.05, 0.1) is 40.4 Å². The molecule has 0 spiro atoms. The molecule has 0 amide bonds. The molecular formula is C26H23FN4O3S3. The first-order valence-corrected chi connectivity index (χ1v) is 15.0. The number of nitrogens with zero attached hydrogens (tertiary/aromatic N) is 4. The Morgan fingerprint density at radius 3 is 2.43 bits per heavy atom. The Balaban J connectivity index is 1.28. The fourth-order valence-electron chi connectivity index (χ4n) is 4.46. The molecule has 4 heterocycles. The molecule has 6 rings (SSSR count). The number of anilines is 1. The summed E-state index contributed by atoms with van der Waals surface area (Å²) in [7, 11) is -3.55. The van der Waals surface area contributed by atoms with Gasteiger partial charge in [0.2, 0.25) is 15.2 Å². The summed E-state index contributed by atoms with van der Waals surface area (Å²) < 4.78 is 46.2. The van der Waals surface area contributed by atoms with Crippen molar-refractivity contribution in [2.75, 3.05) is 31.3 Å². The van der Waals surface area contributed by atoms with Crippen molar-refractivity contribution in [1.82, 2.24) is 9.29 Å². The van der Waals surface area contributed by atoms with Crippen LogP contribution in [0.25, 0.3) is 11.3 Å². The molecule has 1 fully saturated rings. The summed E-state index contributed by atoms with van der Waals surface area (Å²) >= 11 is 3.11. The highest BCUT2D eigenvalue weighted by Crippen LogP contribution is 2.40. The van der Waals surface area contributed by atoms with Crippen molar-refractivity contribution < 1.29 is 17.5 Å². The van der Waals surface area contributed by atoms with Gasteiger partial charge in [-0.1, -0.05) is 30.3 Å². The third-order valence-corrected chi connectivity index (χ3v) is 10.1. The second-order valence-electron chi connectivity index (χ2n) is 8.70. The zero-order valence-corrected chi connectivity index (χ0v) is 22.1. The molecule has 0 radical (unpaired) electrons. The number of sulfonamides is 1. The van der Waals surface area contributed by atoms with Crippen LogP contribution in [0, 0.1) is 5.82 Å². The smallest absolute Gasteiger partial charge is 0.243 e. The molecule has 11 heteroatoms. The van der Waals surface area contributed by atoms with Gasteiger partial charge in [0, 0.05) is 30.5 Å². The molecule has 0 saturated carbocycles. The van der Waals surface area contributed by atoms with Crippen LogP contribution in [0.4, 0.5) is 9.52 Å². The van der Waals surface area contributed by atoms with Crippen LogP contribution in [-0.4, -0.2) is 49.7 Å². The van der Waals surface area contributed by atoms with Crippen molar-refractivity contribution in [3.8, 4) is 11.3 Å². The lowest BCUT2D eigenvalue weighted by Crippen LogP contribution is -2.40. The predicted molar refractivity (Wildman–Crippen MR) is 144 cm³/mol. The third kappa shape index (κ3) is 4.85. The molecule has 7 nitrogen and oxygen atoms in total. The van der Waals surface area contributed by atoms with Gasteiger partial charge < -0.3 is 4.74 Å². The normalized spacial score (nSPS) is 18.8. The number of aromatic nitrogens is 1. The fraction of sp³-hybridized carbons (Fsp3) is 0.231. The highest BCUT2D eigenvalue weighted by molar-refractivity contribution is 7.89. The van der Waals surface area contributed by atoms with Crippen LogP contribution in [0.5, 0.6) is 0 Å². The van der Waals surface area contributed by atoms with Crippen LogP contribution in [0.1, 0.15) is 22.9 Å². The first kappa shape index (κ1) is 24.4. The summed E-state index contributed by atoms with van der Waals surface area (Å²) in [6, 6.07) is 17.3. The number of benzene rings is 2. The van der Waals surface area contributed by atoms with Crippen LogP contribution in [0.15, 0.2) is 81.4 Å². The lowest BCUT2D eigenvalue weighted by molar-refractivity contribution is 0.0730. The highest BCUT2D eigenvalue weighted by Gasteiger charge is 2.32. The largest absolute Gasteiger partial charge is 0.379 e. The minimum atomic E-state index is -3.55. The topological polar surface area (TPSA) is 75.1 Å². The van der Waals surface area contributed by atoms with E-state index in [0.717, 1.165) is 32.5 Å². The van der Waals surface area contributed by atoms with E-state index in [1.807, 2.05) is 21.8 Å². The van der Waals surface area contributed by atoms with E-state index in [1.165, 1.54) is 27.8 Å². The minimum absolute atomic E-state index is 0.0993. The quantitative estimate of drug-likeness (QED) is 0.320.